The fraction of sp³-hybridized carbons (Fsp3) is 0.875. The molecule has 5 rings (SSSR count). The molecule has 11 atom stereocenters. The summed E-state index contributed by atoms with van der Waals surface area (Å²) >= 11 is 0. The van der Waals surface area contributed by atoms with E-state index in [1.807, 2.05) is 0 Å². The van der Waals surface area contributed by atoms with Gasteiger partial charge >= 0.3 is 5.97 Å². The molecule has 0 aromatic heterocycles. The fourth-order valence-corrected chi connectivity index (χ4v) is 10.1. The van der Waals surface area contributed by atoms with Crippen LogP contribution in [0.15, 0.2) is 11.6 Å². The number of amides is 1. The Bertz CT molecular complexity index is 933. The van der Waals surface area contributed by atoms with E-state index in [-0.39, 0.29) is 23.4 Å². The third-order valence-corrected chi connectivity index (χ3v) is 11.9. The van der Waals surface area contributed by atoms with E-state index in [4.69, 9.17) is 14.2 Å². The van der Waals surface area contributed by atoms with Crippen LogP contribution in [0.3, 0.4) is 0 Å². The molecule has 6 nitrogen and oxygen atoms in total. The van der Waals surface area contributed by atoms with Gasteiger partial charge in [-0.2, -0.15) is 0 Å². The lowest BCUT2D eigenvalue weighted by Gasteiger charge is -2.58. The summed E-state index contributed by atoms with van der Waals surface area (Å²) in [6.45, 7) is 12.0. The van der Waals surface area contributed by atoms with Crippen LogP contribution in [0, 0.1) is 46.3 Å². The lowest BCUT2D eigenvalue weighted by Crippen LogP contribution is -2.51. The van der Waals surface area contributed by atoms with Gasteiger partial charge in [0.15, 0.2) is 0 Å². The highest BCUT2D eigenvalue weighted by molar-refractivity contribution is 5.72. The summed E-state index contributed by atoms with van der Waals surface area (Å²) < 4.78 is 17.9. The minimum absolute atomic E-state index is 0.0247. The molecule has 5 aliphatic rings. The summed E-state index contributed by atoms with van der Waals surface area (Å²) in [6.07, 6.45) is 13.5. The number of fused-ring (bicyclic) bond motifs is 7. The number of methoxy groups -OCH3 is 1. The Labute approximate surface area is 230 Å². The number of allylic oxidation sites excluding steroid dienone is 1. The van der Waals surface area contributed by atoms with Gasteiger partial charge in [0.25, 0.3) is 0 Å². The van der Waals surface area contributed by atoms with E-state index in [0.29, 0.717) is 48.5 Å². The van der Waals surface area contributed by atoms with Gasteiger partial charge < -0.3 is 19.5 Å². The third-order valence-electron chi connectivity index (χ3n) is 11.9. The number of ether oxygens (including phenoxy) is 3. The molecule has 38 heavy (non-hydrogen) atoms. The Morgan fingerprint density at radius 3 is 2.68 bits per heavy atom. The summed E-state index contributed by atoms with van der Waals surface area (Å²) in [6, 6.07) is 0. The standard InChI is InChI=1S/C32H51NO5/c1-19-28(10-7-22(18-36-6)17-33-20(2)34)38-29-16-27-25-9-8-23-15-24(37-21(3)35)11-13-31(23,4)26(25)12-14-32(27,5)30(19)29/h8,19,22,24-30H,7,9-18H2,1-6H3,(H,33,34)/t19?,22?,24-,25-,26+,27+,28?,29+,30+,31+,32+/m1/s1. The van der Waals surface area contributed by atoms with E-state index < -0.39 is 0 Å². The van der Waals surface area contributed by atoms with E-state index >= 15 is 0 Å². The molecule has 1 heterocycles. The Morgan fingerprint density at radius 1 is 1.18 bits per heavy atom. The molecule has 0 bridgehead atoms. The van der Waals surface area contributed by atoms with Gasteiger partial charge in [-0.05, 0) is 97.7 Å². The fourth-order valence-electron chi connectivity index (χ4n) is 10.1. The topological polar surface area (TPSA) is 73.9 Å². The molecule has 0 aromatic rings. The van der Waals surface area contributed by atoms with Crippen molar-refractivity contribution in [2.75, 3.05) is 20.3 Å². The second-order valence-electron chi connectivity index (χ2n) is 13.9. The maximum absolute atomic E-state index is 11.6. The lowest BCUT2D eigenvalue weighted by atomic mass is 9.47. The molecule has 1 aliphatic heterocycles. The Morgan fingerprint density at radius 2 is 1.97 bits per heavy atom. The average Bonchev–Trinajstić information content (AvgIpc) is 3.33. The van der Waals surface area contributed by atoms with Gasteiger partial charge in [-0.3, -0.25) is 9.59 Å². The predicted octanol–water partition coefficient (Wildman–Crippen LogP) is 5.69. The van der Waals surface area contributed by atoms with Crippen LogP contribution in [-0.4, -0.2) is 50.4 Å². The van der Waals surface area contributed by atoms with E-state index in [2.05, 4.69) is 32.2 Å². The van der Waals surface area contributed by atoms with Crippen LogP contribution < -0.4 is 5.32 Å². The molecule has 3 unspecified atom stereocenters. The van der Waals surface area contributed by atoms with Crippen molar-refractivity contribution in [2.24, 2.45) is 46.3 Å². The van der Waals surface area contributed by atoms with E-state index in [9.17, 15) is 9.59 Å². The smallest absolute Gasteiger partial charge is 0.302 e. The minimum Gasteiger partial charge on any atom is -0.462 e. The highest BCUT2D eigenvalue weighted by Crippen LogP contribution is 2.69. The van der Waals surface area contributed by atoms with Crippen molar-refractivity contribution in [3.63, 3.8) is 0 Å². The van der Waals surface area contributed by atoms with Crippen molar-refractivity contribution in [3.8, 4) is 0 Å². The van der Waals surface area contributed by atoms with Crippen molar-refractivity contribution in [3.05, 3.63) is 11.6 Å². The first-order valence-electron chi connectivity index (χ1n) is 15.3. The summed E-state index contributed by atoms with van der Waals surface area (Å²) in [5.41, 5.74) is 2.18. The highest BCUT2D eigenvalue weighted by Gasteiger charge is 2.65. The normalized spacial score (nSPS) is 44.2. The van der Waals surface area contributed by atoms with Crippen molar-refractivity contribution in [2.45, 2.75) is 111 Å². The van der Waals surface area contributed by atoms with Gasteiger partial charge in [0.1, 0.15) is 6.10 Å². The highest BCUT2D eigenvalue weighted by atomic mass is 16.5. The summed E-state index contributed by atoms with van der Waals surface area (Å²) in [5, 5.41) is 2.97. The second kappa shape index (κ2) is 10.9. The monoisotopic (exact) mass is 529 g/mol. The molecule has 3 saturated carbocycles. The number of hydrogen-bond acceptors (Lipinski definition) is 5. The predicted molar refractivity (Wildman–Crippen MR) is 147 cm³/mol. The molecule has 0 radical (unpaired) electrons. The van der Waals surface area contributed by atoms with Crippen LogP contribution in [0.5, 0.6) is 0 Å². The van der Waals surface area contributed by atoms with Gasteiger partial charge in [0.05, 0.1) is 18.8 Å². The van der Waals surface area contributed by atoms with Crippen LogP contribution in [0.4, 0.5) is 0 Å². The average molecular weight is 530 g/mol. The van der Waals surface area contributed by atoms with Crippen LogP contribution in [0.2, 0.25) is 0 Å². The number of esters is 1. The number of carbonyl (C=O) groups is 2. The molecule has 4 fully saturated rings. The zero-order valence-corrected chi connectivity index (χ0v) is 24.6. The van der Waals surface area contributed by atoms with Crippen LogP contribution in [0.25, 0.3) is 0 Å². The third kappa shape index (κ3) is 4.98. The molecule has 214 valence electrons. The molecule has 1 N–H and O–H groups in total. The molecular formula is C32H51NO5. The van der Waals surface area contributed by atoms with Gasteiger partial charge in [-0.15, -0.1) is 0 Å². The SMILES string of the molecule is COCC(CCC1O[C@H]2C[C@H]3[C@@H]4CC=C5C[C@H](OC(C)=O)CC[C@]5(C)[C@H]4CC[C@]3(C)[C@H]2C1C)CNC(C)=O. The Kier molecular flexibility index (Phi) is 8.05. The summed E-state index contributed by atoms with van der Waals surface area (Å²) in [5.74, 6) is 3.65. The second-order valence-corrected chi connectivity index (χ2v) is 13.9. The Balaban J connectivity index is 1.25. The van der Waals surface area contributed by atoms with E-state index in [1.165, 1.54) is 32.6 Å². The first-order chi connectivity index (χ1) is 18.1. The summed E-state index contributed by atoms with van der Waals surface area (Å²) in [4.78, 5) is 23.0. The maximum Gasteiger partial charge on any atom is 0.302 e. The molecule has 0 aromatic carbocycles. The number of nitrogens with one attached hydrogen (secondary N) is 1. The van der Waals surface area contributed by atoms with Crippen molar-refractivity contribution >= 4 is 11.9 Å². The lowest BCUT2D eigenvalue weighted by molar-refractivity contribution is -0.148. The zero-order chi connectivity index (χ0) is 27.2. The summed E-state index contributed by atoms with van der Waals surface area (Å²) in [7, 11) is 1.74. The number of carbonyl (C=O) groups excluding carboxylic acids is 2. The molecule has 1 amide bonds. The minimum atomic E-state index is -0.145. The molecule has 4 aliphatic carbocycles. The van der Waals surface area contributed by atoms with Crippen LogP contribution in [-0.2, 0) is 23.8 Å². The molecular weight excluding hydrogens is 478 g/mol. The zero-order valence-electron chi connectivity index (χ0n) is 24.6. The molecule has 1 saturated heterocycles. The van der Waals surface area contributed by atoms with Gasteiger partial charge in [-0.1, -0.05) is 32.4 Å². The van der Waals surface area contributed by atoms with Gasteiger partial charge in [0.2, 0.25) is 5.91 Å². The van der Waals surface area contributed by atoms with Gasteiger partial charge in [0, 0.05) is 33.9 Å². The number of rotatable bonds is 8. The number of hydrogen-bond donors (Lipinski definition) is 1. The quantitative estimate of drug-likeness (QED) is 0.323. The Hall–Kier alpha value is -1.40. The first-order valence-corrected chi connectivity index (χ1v) is 15.3. The van der Waals surface area contributed by atoms with E-state index in [1.54, 1.807) is 19.6 Å². The molecule has 0 spiro atoms. The molecule has 6 heteroatoms. The van der Waals surface area contributed by atoms with Crippen LogP contribution in [0.1, 0.15) is 92.4 Å². The van der Waals surface area contributed by atoms with Crippen LogP contribution >= 0.6 is 0 Å². The van der Waals surface area contributed by atoms with Gasteiger partial charge in [-0.25, -0.2) is 0 Å². The van der Waals surface area contributed by atoms with E-state index in [0.717, 1.165) is 49.9 Å². The van der Waals surface area contributed by atoms with Crippen molar-refractivity contribution in [1.29, 1.82) is 0 Å². The maximum atomic E-state index is 11.6. The van der Waals surface area contributed by atoms with Crippen molar-refractivity contribution in [1.82, 2.24) is 5.32 Å². The largest absolute Gasteiger partial charge is 0.462 e. The first kappa shape index (κ1) is 28.1. The van der Waals surface area contributed by atoms with Crippen molar-refractivity contribution < 1.29 is 23.8 Å².